The van der Waals surface area contributed by atoms with Gasteiger partial charge in [-0.3, -0.25) is 4.79 Å². The quantitative estimate of drug-likeness (QED) is 0.143. The Kier molecular flexibility index (Phi) is 7.60. The van der Waals surface area contributed by atoms with Gasteiger partial charge in [-0.1, -0.05) is 46.7 Å². The second-order valence-electron chi connectivity index (χ2n) is 5.87. The highest BCUT2D eigenvalue weighted by atomic mass is 35.5. The zero-order valence-corrected chi connectivity index (χ0v) is 17.3. The number of oxime groups is 1. The maximum atomic E-state index is 12.6. The van der Waals surface area contributed by atoms with Gasteiger partial charge in [-0.2, -0.15) is 0 Å². The van der Waals surface area contributed by atoms with Crippen molar-refractivity contribution in [1.82, 2.24) is 0 Å². The Bertz CT molecular complexity index is 943. The fraction of sp³-hybridized carbons (Fsp3) is 0.0909. The first-order valence-electron chi connectivity index (χ1n) is 8.62. The maximum Gasteiger partial charge on any atom is 0.210 e. The van der Waals surface area contributed by atoms with E-state index in [1.54, 1.807) is 35.7 Å². The van der Waals surface area contributed by atoms with Crippen molar-refractivity contribution in [3.8, 4) is 0 Å². The minimum atomic E-state index is -0.254. The van der Waals surface area contributed by atoms with Crippen LogP contribution in [0.4, 0.5) is 0 Å². The van der Waals surface area contributed by atoms with E-state index in [9.17, 15) is 10.0 Å². The lowest BCUT2D eigenvalue weighted by Crippen LogP contribution is -2.15. The standard InChI is InChI=1S/C22H18ClNO2S2/c23-17-8-12-18(13-9-17)27-15-14-21(24-26)22(25)16-6-10-20(11-7-16)28-19-4-2-1-3-5-19/h1-13,26H,14-15H2/b24-21+. The molecule has 3 nitrogen and oxygen atoms in total. The van der Waals surface area contributed by atoms with Crippen molar-refractivity contribution in [2.24, 2.45) is 5.16 Å². The molecule has 0 aromatic heterocycles. The molecule has 0 aliphatic rings. The number of nitrogens with zero attached hydrogens (tertiary/aromatic N) is 1. The number of carbonyl (C=O) groups excluding carboxylic acids is 1. The average molecular weight is 428 g/mol. The molecule has 3 aromatic carbocycles. The molecule has 0 saturated carbocycles. The number of benzene rings is 3. The molecule has 0 spiro atoms. The molecule has 0 amide bonds. The van der Waals surface area contributed by atoms with Gasteiger partial charge in [-0.05, 0) is 60.7 Å². The summed E-state index contributed by atoms with van der Waals surface area (Å²) < 4.78 is 0. The Labute approximate surface area is 177 Å². The summed E-state index contributed by atoms with van der Waals surface area (Å²) in [5.74, 6) is 0.379. The minimum absolute atomic E-state index is 0.157. The Morgan fingerprint density at radius 1 is 0.857 bits per heavy atom. The van der Waals surface area contributed by atoms with Gasteiger partial charge >= 0.3 is 0 Å². The minimum Gasteiger partial charge on any atom is -0.411 e. The second-order valence-corrected chi connectivity index (χ2v) is 8.62. The lowest BCUT2D eigenvalue weighted by Gasteiger charge is -2.06. The Morgan fingerprint density at radius 2 is 1.46 bits per heavy atom. The number of halogens is 1. The molecule has 3 aromatic rings. The first-order chi connectivity index (χ1) is 13.7. The molecule has 1 N–H and O–H groups in total. The fourth-order valence-corrected chi connectivity index (χ4v) is 4.29. The van der Waals surface area contributed by atoms with E-state index in [4.69, 9.17) is 11.6 Å². The summed E-state index contributed by atoms with van der Waals surface area (Å²) in [7, 11) is 0. The van der Waals surface area contributed by atoms with E-state index in [1.165, 1.54) is 0 Å². The smallest absolute Gasteiger partial charge is 0.210 e. The molecule has 0 radical (unpaired) electrons. The molecule has 0 unspecified atom stereocenters. The van der Waals surface area contributed by atoms with Crippen LogP contribution in [0.15, 0.2) is 98.7 Å². The van der Waals surface area contributed by atoms with Gasteiger partial charge in [-0.25, -0.2) is 0 Å². The number of ketones is 1. The van der Waals surface area contributed by atoms with Crippen LogP contribution < -0.4 is 0 Å². The summed E-state index contributed by atoms with van der Waals surface area (Å²) in [6.45, 7) is 0. The molecule has 0 atom stereocenters. The predicted octanol–water partition coefficient (Wildman–Crippen LogP) is 6.69. The molecule has 28 heavy (non-hydrogen) atoms. The van der Waals surface area contributed by atoms with Crippen molar-refractivity contribution in [1.29, 1.82) is 0 Å². The first kappa shape index (κ1) is 20.5. The second kappa shape index (κ2) is 10.4. The number of hydrogen-bond acceptors (Lipinski definition) is 5. The fourth-order valence-electron chi connectivity index (χ4n) is 2.47. The first-order valence-corrected chi connectivity index (χ1v) is 10.8. The molecule has 6 heteroatoms. The number of Topliss-reactive ketones (excluding diaryl/α,β-unsaturated/α-hetero) is 1. The van der Waals surface area contributed by atoms with Gasteiger partial charge in [0.25, 0.3) is 0 Å². The lowest BCUT2D eigenvalue weighted by molar-refractivity contribution is 0.106. The maximum absolute atomic E-state index is 12.6. The van der Waals surface area contributed by atoms with E-state index in [0.717, 1.165) is 14.7 Å². The van der Waals surface area contributed by atoms with Crippen LogP contribution in [-0.2, 0) is 0 Å². The van der Waals surface area contributed by atoms with Crippen molar-refractivity contribution >= 4 is 46.6 Å². The van der Waals surface area contributed by atoms with Crippen molar-refractivity contribution in [3.05, 3.63) is 89.4 Å². The van der Waals surface area contributed by atoms with Crippen molar-refractivity contribution in [2.75, 3.05) is 5.75 Å². The van der Waals surface area contributed by atoms with E-state index in [0.29, 0.717) is 22.8 Å². The third kappa shape index (κ3) is 5.89. The summed E-state index contributed by atoms with van der Waals surface area (Å²) in [6.07, 6.45) is 0.378. The van der Waals surface area contributed by atoms with Crippen molar-refractivity contribution < 1.29 is 10.0 Å². The number of hydrogen-bond donors (Lipinski definition) is 1. The van der Waals surface area contributed by atoms with Crippen LogP contribution in [0.1, 0.15) is 16.8 Å². The number of rotatable bonds is 8. The van der Waals surface area contributed by atoms with Gasteiger partial charge in [0, 0.05) is 37.4 Å². The Hall–Kier alpha value is -2.21. The highest BCUT2D eigenvalue weighted by molar-refractivity contribution is 7.99. The molecular formula is C22H18ClNO2S2. The van der Waals surface area contributed by atoms with Crippen LogP contribution in [0.25, 0.3) is 0 Å². The highest BCUT2D eigenvalue weighted by Gasteiger charge is 2.15. The largest absolute Gasteiger partial charge is 0.411 e. The molecule has 0 saturated heterocycles. The van der Waals surface area contributed by atoms with Gasteiger partial charge in [0.15, 0.2) is 0 Å². The van der Waals surface area contributed by atoms with Crippen LogP contribution in [0.5, 0.6) is 0 Å². The third-order valence-corrected chi connectivity index (χ3v) is 6.18. The molecule has 3 rings (SSSR count). The summed E-state index contributed by atoms with van der Waals surface area (Å²) in [6, 6.07) is 24.9. The van der Waals surface area contributed by atoms with Crippen LogP contribution in [0.3, 0.4) is 0 Å². The molecule has 142 valence electrons. The lowest BCUT2D eigenvalue weighted by atomic mass is 10.1. The predicted molar refractivity (Wildman–Crippen MR) is 117 cm³/mol. The highest BCUT2D eigenvalue weighted by Crippen LogP contribution is 2.27. The summed E-state index contributed by atoms with van der Waals surface area (Å²) in [4.78, 5) is 15.8. The zero-order chi connectivity index (χ0) is 19.8. The van der Waals surface area contributed by atoms with Gasteiger partial charge < -0.3 is 5.21 Å². The van der Waals surface area contributed by atoms with Crippen molar-refractivity contribution in [2.45, 2.75) is 21.1 Å². The van der Waals surface area contributed by atoms with Crippen LogP contribution in [0.2, 0.25) is 5.02 Å². The molecule has 0 heterocycles. The summed E-state index contributed by atoms with van der Waals surface area (Å²) in [5.41, 5.74) is 0.673. The van der Waals surface area contributed by atoms with E-state index in [-0.39, 0.29) is 11.5 Å². The van der Waals surface area contributed by atoms with Crippen molar-refractivity contribution in [3.63, 3.8) is 0 Å². The molecule has 0 aliphatic heterocycles. The molecule has 0 fully saturated rings. The number of carbonyl (C=O) groups is 1. The average Bonchev–Trinajstić information content (AvgIpc) is 2.73. The van der Waals surface area contributed by atoms with Gasteiger partial charge in [0.2, 0.25) is 5.78 Å². The normalized spacial score (nSPS) is 11.4. The molecular weight excluding hydrogens is 410 g/mol. The topological polar surface area (TPSA) is 49.7 Å². The monoisotopic (exact) mass is 427 g/mol. The summed E-state index contributed by atoms with van der Waals surface area (Å²) in [5, 5.41) is 13.2. The van der Waals surface area contributed by atoms with Crippen LogP contribution in [-0.4, -0.2) is 22.5 Å². The van der Waals surface area contributed by atoms with E-state index in [1.807, 2.05) is 66.7 Å². The molecule has 0 aliphatic carbocycles. The molecule has 0 bridgehead atoms. The Morgan fingerprint density at radius 3 is 2.11 bits per heavy atom. The Balaban J connectivity index is 1.57. The van der Waals surface area contributed by atoms with Crippen LogP contribution >= 0.6 is 35.1 Å². The van der Waals surface area contributed by atoms with Gasteiger partial charge in [-0.15, -0.1) is 11.8 Å². The SMILES string of the molecule is O=C(/C(CCSc1ccc(Cl)cc1)=N/O)c1ccc(Sc2ccccc2)cc1. The van der Waals surface area contributed by atoms with E-state index in [2.05, 4.69) is 5.16 Å². The van der Waals surface area contributed by atoms with Gasteiger partial charge in [0.05, 0.1) is 0 Å². The van der Waals surface area contributed by atoms with E-state index < -0.39 is 0 Å². The van der Waals surface area contributed by atoms with Gasteiger partial charge in [0.1, 0.15) is 5.71 Å². The zero-order valence-electron chi connectivity index (χ0n) is 14.9. The number of thioether (sulfide) groups is 1. The van der Waals surface area contributed by atoms with Crippen LogP contribution in [0, 0.1) is 0 Å². The third-order valence-electron chi connectivity index (χ3n) is 3.90. The summed E-state index contributed by atoms with van der Waals surface area (Å²) >= 11 is 9.09. The van der Waals surface area contributed by atoms with E-state index >= 15 is 0 Å².